The van der Waals surface area contributed by atoms with Crippen LogP contribution in [-0.2, 0) is 0 Å². The van der Waals surface area contributed by atoms with Crippen LogP contribution in [0.25, 0.3) is 31.8 Å². The predicted octanol–water partition coefficient (Wildman–Crippen LogP) is 5.06. The molecule has 2 nitrogen and oxygen atoms in total. The minimum Gasteiger partial charge on any atom is -0.337 e. The lowest BCUT2D eigenvalue weighted by Gasteiger charge is -1.96. The van der Waals surface area contributed by atoms with Gasteiger partial charge in [0.2, 0.25) is 0 Å². The first-order valence-corrected chi connectivity index (χ1v) is 7.48. The van der Waals surface area contributed by atoms with Crippen molar-refractivity contribution in [1.82, 2.24) is 9.97 Å². The van der Waals surface area contributed by atoms with Crippen LogP contribution >= 0.6 is 11.3 Å². The summed E-state index contributed by atoms with van der Waals surface area (Å²) in [6.45, 7) is 4.23. The molecule has 0 saturated carbocycles. The summed E-state index contributed by atoms with van der Waals surface area (Å²) >= 11 is 1.78. The van der Waals surface area contributed by atoms with Crippen molar-refractivity contribution < 1.29 is 0 Å². The van der Waals surface area contributed by atoms with Crippen LogP contribution in [0.4, 0.5) is 0 Å². The van der Waals surface area contributed by atoms with Crippen LogP contribution in [0.5, 0.6) is 0 Å². The number of rotatable bonds is 1. The first-order valence-electron chi connectivity index (χ1n) is 6.66. The molecule has 2 heterocycles. The average Bonchev–Trinajstić information content (AvgIpc) is 3.01. The second-order valence-electron chi connectivity index (χ2n) is 5.21. The van der Waals surface area contributed by atoms with Gasteiger partial charge in [-0.2, -0.15) is 0 Å². The van der Waals surface area contributed by atoms with Crippen LogP contribution in [-0.4, -0.2) is 9.97 Å². The van der Waals surface area contributed by atoms with E-state index in [0.717, 1.165) is 16.9 Å². The summed E-state index contributed by atoms with van der Waals surface area (Å²) in [6.07, 6.45) is 0. The molecule has 2 aromatic heterocycles. The van der Waals surface area contributed by atoms with E-state index in [2.05, 4.69) is 61.3 Å². The van der Waals surface area contributed by atoms with Gasteiger partial charge in [-0.15, -0.1) is 11.3 Å². The molecule has 3 heteroatoms. The number of nitrogens with zero attached hydrogens (tertiary/aromatic N) is 1. The molecule has 0 fully saturated rings. The van der Waals surface area contributed by atoms with Gasteiger partial charge in [0.05, 0.1) is 15.9 Å². The molecule has 2 aromatic carbocycles. The Morgan fingerprint density at radius 1 is 1.05 bits per heavy atom. The van der Waals surface area contributed by atoms with Crippen molar-refractivity contribution in [2.24, 2.45) is 0 Å². The van der Waals surface area contributed by atoms with E-state index in [9.17, 15) is 0 Å². The minimum absolute atomic E-state index is 0.968. The Hall–Kier alpha value is -2.13. The van der Waals surface area contributed by atoms with E-state index in [1.165, 1.54) is 26.1 Å². The van der Waals surface area contributed by atoms with Gasteiger partial charge in [-0.3, -0.25) is 0 Å². The highest BCUT2D eigenvalue weighted by molar-refractivity contribution is 7.22. The summed E-state index contributed by atoms with van der Waals surface area (Å²) in [6, 6.07) is 15.0. The number of aromatic amines is 1. The van der Waals surface area contributed by atoms with E-state index in [4.69, 9.17) is 4.98 Å². The van der Waals surface area contributed by atoms with Crippen LogP contribution in [0.2, 0.25) is 0 Å². The highest BCUT2D eigenvalue weighted by atomic mass is 32.1. The second kappa shape index (κ2) is 4.18. The van der Waals surface area contributed by atoms with Crippen LogP contribution in [0.15, 0.2) is 42.5 Å². The molecule has 4 rings (SSSR count). The van der Waals surface area contributed by atoms with Crippen molar-refractivity contribution in [1.29, 1.82) is 0 Å². The fraction of sp³-hybridized carbons (Fsp3) is 0.118. The van der Waals surface area contributed by atoms with E-state index >= 15 is 0 Å². The number of aromatic nitrogens is 2. The number of imidazole rings is 1. The highest BCUT2D eigenvalue weighted by Crippen LogP contribution is 2.33. The molecule has 0 spiro atoms. The molecule has 0 unspecified atom stereocenters. The fourth-order valence-corrected chi connectivity index (χ4v) is 3.69. The third-order valence-electron chi connectivity index (χ3n) is 3.58. The van der Waals surface area contributed by atoms with E-state index < -0.39 is 0 Å². The molecule has 1 N–H and O–H groups in total. The van der Waals surface area contributed by atoms with Crippen molar-refractivity contribution in [2.45, 2.75) is 13.8 Å². The van der Waals surface area contributed by atoms with Crippen molar-refractivity contribution in [2.75, 3.05) is 0 Å². The number of fused-ring (bicyclic) bond motifs is 2. The third-order valence-corrected chi connectivity index (χ3v) is 4.70. The molecule has 0 saturated heterocycles. The molecule has 0 aliphatic rings. The van der Waals surface area contributed by atoms with E-state index in [1.54, 1.807) is 11.3 Å². The maximum absolute atomic E-state index is 4.77. The molecule has 98 valence electrons. The van der Waals surface area contributed by atoms with Crippen molar-refractivity contribution in [3.05, 3.63) is 53.6 Å². The maximum atomic E-state index is 4.77. The predicted molar refractivity (Wildman–Crippen MR) is 86.4 cm³/mol. The first-order chi connectivity index (χ1) is 9.70. The number of nitrogens with one attached hydrogen (secondary N) is 1. The Balaban J connectivity index is 1.95. The molecule has 0 bridgehead atoms. The number of benzene rings is 2. The topological polar surface area (TPSA) is 28.7 Å². The van der Waals surface area contributed by atoms with Gasteiger partial charge in [0, 0.05) is 4.70 Å². The van der Waals surface area contributed by atoms with Gasteiger partial charge in [-0.25, -0.2) is 4.98 Å². The molecular formula is C17H14N2S. The van der Waals surface area contributed by atoms with Gasteiger partial charge in [-0.05, 0) is 48.6 Å². The number of aryl methyl sites for hydroxylation is 2. The number of thiophene rings is 1. The Morgan fingerprint density at radius 3 is 2.75 bits per heavy atom. The van der Waals surface area contributed by atoms with Crippen molar-refractivity contribution >= 4 is 32.5 Å². The van der Waals surface area contributed by atoms with E-state index in [0.29, 0.717) is 0 Å². The molecule has 0 aliphatic carbocycles. The van der Waals surface area contributed by atoms with Gasteiger partial charge < -0.3 is 4.98 Å². The molecule has 4 aromatic rings. The summed E-state index contributed by atoms with van der Waals surface area (Å²) < 4.78 is 1.30. The Bertz CT molecular complexity index is 898. The van der Waals surface area contributed by atoms with Crippen LogP contribution in [0.3, 0.4) is 0 Å². The summed E-state index contributed by atoms with van der Waals surface area (Å²) in [5.41, 5.74) is 4.68. The molecule has 0 aliphatic heterocycles. The second-order valence-corrected chi connectivity index (χ2v) is 6.30. The van der Waals surface area contributed by atoms with E-state index in [1.807, 2.05) is 0 Å². The maximum Gasteiger partial charge on any atom is 0.148 e. The zero-order valence-corrected chi connectivity index (χ0v) is 12.2. The quantitative estimate of drug-likeness (QED) is 0.518. The summed E-state index contributed by atoms with van der Waals surface area (Å²) in [5.74, 6) is 0.968. The molecule has 0 radical (unpaired) electrons. The van der Waals surface area contributed by atoms with Crippen LogP contribution in [0.1, 0.15) is 11.1 Å². The van der Waals surface area contributed by atoms with Gasteiger partial charge in [-0.1, -0.05) is 24.3 Å². The molecule has 0 atom stereocenters. The smallest absolute Gasteiger partial charge is 0.148 e. The summed E-state index contributed by atoms with van der Waals surface area (Å²) in [4.78, 5) is 9.42. The number of hydrogen-bond acceptors (Lipinski definition) is 2. The Labute approximate surface area is 121 Å². The highest BCUT2D eigenvalue weighted by Gasteiger charge is 2.10. The lowest BCUT2D eigenvalue weighted by Crippen LogP contribution is -1.79. The monoisotopic (exact) mass is 278 g/mol. The largest absolute Gasteiger partial charge is 0.337 e. The molecule has 20 heavy (non-hydrogen) atoms. The third kappa shape index (κ3) is 1.74. The van der Waals surface area contributed by atoms with Gasteiger partial charge in [0.1, 0.15) is 5.82 Å². The van der Waals surface area contributed by atoms with Crippen LogP contribution < -0.4 is 0 Å². The Morgan fingerprint density at radius 2 is 1.90 bits per heavy atom. The molecular weight excluding hydrogens is 264 g/mol. The van der Waals surface area contributed by atoms with E-state index in [-0.39, 0.29) is 0 Å². The van der Waals surface area contributed by atoms with Crippen molar-refractivity contribution in [3.8, 4) is 10.7 Å². The first kappa shape index (κ1) is 11.7. The lowest BCUT2D eigenvalue weighted by atomic mass is 10.1. The normalized spacial score (nSPS) is 11.5. The van der Waals surface area contributed by atoms with Gasteiger partial charge in [0.15, 0.2) is 0 Å². The fourth-order valence-electron chi connectivity index (χ4n) is 2.69. The summed E-state index contributed by atoms with van der Waals surface area (Å²) in [7, 11) is 0. The SMILES string of the molecule is Cc1cc(C)c2nc(-c3cc4ccccc4s3)[nH]c2c1. The van der Waals surface area contributed by atoms with Crippen molar-refractivity contribution in [3.63, 3.8) is 0 Å². The zero-order chi connectivity index (χ0) is 13.7. The minimum atomic E-state index is 0.968. The lowest BCUT2D eigenvalue weighted by molar-refractivity contribution is 1.35. The van der Waals surface area contributed by atoms with Gasteiger partial charge >= 0.3 is 0 Å². The van der Waals surface area contributed by atoms with Crippen LogP contribution in [0, 0.1) is 13.8 Å². The summed E-state index contributed by atoms with van der Waals surface area (Å²) in [5, 5.41) is 1.28. The zero-order valence-electron chi connectivity index (χ0n) is 11.4. The molecule has 0 amide bonds. The Kier molecular flexibility index (Phi) is 2.44. The standard InChI is InChI=1S/C17H14N2S/c1-10-7-11(2)16-13(8-10)18-17(19-16)15-9-12-5-3-4-6-14(12)20-15/h3-9H,1-2H3,(H,18,19). The average molecular weight is 278 g/mol. The number of H-pyrrole nitrogens is 1. The van der Waals surface area contributed by atoms with Gasteiger partial charge in [0.25, 0.3) is 0 Å². The number of hydrogen-bond donors (Lipinski definition) is 1.